The molecule has 0 aliphatic heterocycles. The van der Waals surface area contributed by atoms with Crippen molar-refractivity contribution in [3.63, 3.8) is 0 Å². The van der Waals surface area contributed by atoms with Gasteiger partial charge in [-0.15, -0.1) is 0 Å². The topological polar surface area (TPSA) is 69.4 Å². The van der Waals surface area contributed by atoms with Crippen molar-refractivity contribution in [1.82, 2.24) is 15.3 Å². The highest BCUT2D eigenvalue weighted by molar-refractivity contribution is 5.35. The van der Waals surface area contributed by atoms with Gasteiger partial charge in [0.05, 0.1) is 32.7 Å². The minimum atomic E-state index is -0.128. The fourth-order valence-electron chi connectivity index (χ4n) is 2.15. The third-order valence-corrected chi connectivity index (χ3v) is 3.23. The molecule has 0 spiro atoms. The first kappa shape index (κ1) is 15.3. The minimum absolute atomic E-state index is 0.128. The number of nitrogens with zero attached hydrogens (tertiary/aromatic N) is 2. The van der Waals surface area contributed by atoms with E-state index in [4.69, 9.17) is 13.9 Å². The van der Waals surface area contributed by atoms with E-state index in [-0.39, 0.29) is 6.04 Å². The molecular formula is C15H21N3O3. The van der Waals surface area contributed by atoms with Gasteiger partial charge in [-0.05, 0) is 26.0 Å². The molecule has 2 aromatic rings. The van der Waals surface area contributed by atoms with Crippen molar-refractivity contribution in [1.29, 1.82) is 0 Å². The number of nitrogens with one attached hydrogen (secondary N) is 1. The zero-order chi connectivity index (χ0) is 15.2. The van der Waals surface area contributed by atoms with Gasteiger partial charge < -0.3 is 19.2 Å². The molecule has 2 heterocycles. The first-order chi connectivity index (χ1) is 10.2. The van der Waals surface area contributed by atoms with Crippen molar-refractivity contribution in [2.75, 3.05) is 20.8 Å². The van der Waals surface area contributed by atoms with Crippen molar-refractivity contribution in [3.05, 3.63) is 35.5 Å². The largest absolute Gasteiger partial charge is 0.480 e. The second-order valence-electron chi connectivity index (χ2n) is 4.63. The monoisotopic (exact) mass is 291 g/mol. The van der Waals surface area contributed by atoms with Gasteiger partial charge in [0, 0.05) is 5.56 Å². The van der Waals surface area contributed by atoms with Crippen LogP contribution in [0.3, 0.4) is 0 Å². The normalized spacial score (nSPS) is 12.2. The molecule has 1 atom stereocenters. The maximum atomic E-state index is 5.41. The molecule has 0 aromatic carbocycles. The Morgan fingerprint density at radius 2 is 2.14 bits per heavy atom. The van der Waals surface area contributed by atoms with Crippen LogP contribution in [0.25, 0.3) is 0 Å². The van der Waals surface area contributed by atoms with Gasteiger partial charge in [0.1, 0.15) is 11.5 Å². The lowest BCUT2D eigenvalue weighted by molar-refractivity contribution is 0.352. The standard InChI is InChI=1S/C15H21N3O3/c1-5-7-16-13(11-6-8-21-10(11)2)14-15(20-4)18-12(19-3)9-17-14/h6,8-9,13,16H,5,7H2,1-4H3. The van der Waals surface area contributed by atoms with Gasteiger partial charge in [0.15, 0.2) is 0 Å². The van der Waals surface area contributed by atoms with Gasteiger partial charge >= 0.3 is 0 Å². The van der Waals surface area contributed by atoms with Crippen LogP contribution >= 0.6 is 0 Å². The Labute approximate surface area is 124 Å². The number of aryl methyl sites for hydroxylation is 1. The Morgan fingerprint density at radius 1 is 1.33 bits per heavy atom. The molecule has 0 aliphatic carbocycles. The van der Waals surface area contributed by atoms with Crippen LogP contribution in [-0.4, -0.2) is 30.7 Å². The lowest BCUT2D eigenvalue weighted by Gasteiger charge is -2.19. The maximum absolute atomic E-state index is 5.41. The number of rotatable bonds is 7. The summed E-state index contributed by atoms with van der Waals surface area (Å²) in [5.41, 5.74) is 1.75. The highest BCUT2D eigenvalue weighted by atomic mass is 16.5. The Kier molecular flexibility index (Phi) is 5.16. The third-order valence-electron chi connectivity index (χ3n) is 3.23. The quantitative estimate of drug-likeness (QED) is 0.845. The van der Waals surface area contributed by atoms with Crippen molar-refractivity contribution in [2.45, 2.75) is 26.3 Å². The minimum Gasteiger partial charge on any atom is -0.480 e. The summed E-state index contributed by atoms with van der Waals surface area (Å²) in [5.74, 6) is 1.72. The summed E-state index contributed by atoms with van der Waals surface area (Å²) < 4.78 is 15.9. The van der Waals surface area contributed by atoms with Gasteiger partial charge in [-0.3, -0.25) is 0 Å². The molecule has 0 saturated heterocycles. The fraction of sp³-hybridized carbons (Fsp3) is 0.467. The number of methoxy groups -OCH3 is 2. The average molecular weight is 291 g/mol. The second-order valence-corrected chi connectivity index (χ2v) is 4.63. The average Bonchev–Trinajstić information content (AvgIpc) is 2.94. The van der Waals surface area contributed by atoms with E-state index in [1.807, 2.05) is 13.0 Å². The maximum Gasteiger partial charge on any atom is 0.240 e. The van der Waals surface area contributed by atoms with Crippen molar-refractivity contribution in [2.24, 2.45) is 0 Å². The smallest absolute Gasteiger partial charge is 0.240 e. The first-order valence-corrected chi connectivity index (χ1v) is 6.93. The van der Waals surface area contributed by atoms with Crippen molar-refractivity contribution >= 4 is 0 Å². The third kappa shape index (κ3) is 3.33. The number of hydrogen-bond donors (Lipinski definition) is 1. The first-order valence-electron chi connectivity index (χ1n) is 6.93. The summed E-state index contributed by atoms with van der Waals surface area (Å²) in [6.07, 6.45) is 4.28. The number of ether oxygens (including phenoxy) is 2. The number of aromatic nitrogens is 2. The molecular weight excluding hydrogens is 270 g/mol. The number of hydrogen-bond acceptors (Lipinski definition) is 6. The van der Waals surface area contributed by atoms with Gasteiger partial charge in [0.2, 0.25) is 11.8 Å². The molecule has 2 aromatic heterocycles. The fourth-order valence-corrected chi connectivity index (χ4v) is 2.15. The summed E-state index contributed by atoms with van der Waals surface area (Å²) >= 11 is 0. The van der Waals surface area contributed by atoms with Gasteiger partial charge in [0.25, 0.3) is 0 Å². The Balaban J connectivity index is 2.43. The van der Waals surface area contributed by atoms with E-state index in [1.165, 1.54) is 0 Å². The molecule has 2 rings (SSSR count). The van der Waals surface area contributed by atoms with Crippen LogP contribution in [-0.2, 0) is 0 Å². The Bertz CT molecular complexity index is 583. The summed E-state index contributed by atoms with van der Waals surface area (Å²) in [7, 11) is 3.13. The predicted molar refractivity (Wildman–Crippen MR) is 78.7 cm³/mol. The molecule has 0 bridgehead atoms. The number of furan rings is 1. The van der Waals surface area contributed by atoms with E-state index < -0.39 is 0 Å². The molecule has 0 amide bonds. The second kappa shape index (κ2) is 7.08. The molecule has 1 N–H and O–H groups in total. The van der Waals surface area contributed by atoms with E-state index in [1.54, 1.807) is 26.7 Å². The van der Waals surface area contributed by atoms with Crippen LogP contribution < -0.4 is 14.8 Å². The van der Waals surface area contributed by atoms with Crippen LogP contribution in [0.4, 0.5) is 0 Å². The van der Waals surface area contributed by atoms with Crippen LogP contribution in [0.2, 0.25) is 0 Å². The van der Waals surface area contributed by atoms with Gasteiger partial charge in [-0.25, -0.2) is 4.98 Å². The summed E-state index contributed by atoms with van der Waals surface area (Å²) in [5, 5.41) is 3.46. The molecule has 1 unspecified atom stereocenters. The van der Waals surface area contributed by atoms with Crippen LogP contribution in [0.1, 0.15) is 36.4 Å². The lowest BCUT2D eigenvalue weighted by atomic mass is 10.0. The summed E-state index contributed by atoms with van der Waals surface area (Å²) in [4.78, 5) is 8.75. The molecule has 6 nitrogen and oxygen atoms in total. The van der Waals surface area contributed by atoms with E-state index in [2.05, 4.69) is 22.2 Å². The highest BCUT2D eigenvalue weighted by Gasteiger charge is 2.24. The predicted octanol–water partition coefficient (Wildman–Crippen LogP) is 2.48. The summed E-state index contributed by atoms with van der Waals surface area (Å²) in [6, 6.07) is 1.81. The van der Waals surface area contributed by atoms with Crippen LogP contribution in [0.5, 0.6) is 11.8 Å². The molecule has 0 saturated carbocycles. The summed E-state index contributed by atoms with van der Waals surface area (Å²) in [6.45, 7) is 4.90. The van der Waals surface area contributed by atoms with E-state index >= 15 is 0 Å². The zero-order valence-electron chi connectivity index (χ0n) is 12.8. The van der Waals surface area contributed by atoms with E-state index in [9.17, 15) is 0 Å². The highest BCUT2D eigenvalue weighted by Crippen LogP contribution is 2.30. The molecule has 0 aliphatic rings. The molecule has 0 fully saturated rings. The van der Waals surface area contributed by atoms with Crippen LogP contribution in [0, 0.1) is 6.92 Å². The molecule has 0 radical (unpaired) electrons. The Morgan fingerprint density at radius 3 is 2.71 bits per heavy atom. The molecule has 21 heavy (non-hydrogen) atoms. The SMILES string of the molecule is CCCNC(c1ccoc1C)c1ncc(OC)nc1OC. The van der Waals surface area contributed by atoms with Gasteiger partial charge in [-0.1, -0.05) is 6.92 Å². The van der Waals surface area contributed by atoms with E-state index in [0.717, 1.165) is 30.0 Å². The van der Waals surface area contributed by atoms with Crippen LogP contribution in [0.15, 0.2) is 22.9 Å². The van der Waals surface area contributed by atoms with Crippen molar-refractivity contribution in [3.8, 4) is 11.8 Å². The molecule has 6 heteroatoms. The van der Waals surface area contributed by atoms with Gasteiger partial charge in [-0.2, -0.15) is 4.98 Å². The lowest BCUT2D eigenvalue weighted by Crippen LogP contribution is -2.25. The van der Waals surface area contributed by atoms with Crippen molar-refractivity contribution < 1.29 is 13.9 Å². The zero-order valence-corrected chi connectivity index (χ0v) is 12.8. The molecule has 114 valence electrons. The Hall–Kier alpha value is -2.08. The van der Waals surface area contributed by atoms with E-state index in [0.29, 0.717) is 11.8 Å².